The van der Waals surface area contributed by atoms with Crippen LogP contribution in [0.4, 0.5) is 4.39 Å². The third-order valence-electron chi connectivity index (χ3n) is 5.95. The molecular formula is C25H31FN4O2. The highest BCUT2D eigenvalue weighted by Crippen LogP contribution is 2.26. The molecule has 1 N–H and O–H groups in total. The molecule has 2 aromatic carbocycles. The second kappa shape index (κ2) is 10.7. The van der Waals surface area contributed by atoms with Crippen LogP contribution in [0, 0.1) is 5.82 Å². The van der Waals surface area contributed by atoms with E-state index in [1.54, 1.807) is 12.1 Å². The van der Waals surface area contributed by atoms with Crippen LogP contribution in [0.5, 0.6) is 0 Å². The number of amides is 1. The lowest BCUT2D eigenvalue weighted by Crippen LogP contribution is -2.42. The maximum Gasteiger partial charge on any atom is 0.243 e. The highest BCUT2D eigenvalue weighted by molar-refractivity contribution is 5.84. The number of aromatic nitrogens is 2. The van der Waals surface area contributed by atoms with E-state index in [0.717, 1.165) is 68.1 Å². The lowest BCUT2D eigenvalue weighted by molar-refractivity contribution is -0.124. The van der Waals surface area contributed by atoms with Gasteiger partial charge in [-0.3, -0.25) is 9.69 Å². The predicted molar refractivity (Wildman–Crippen MR) is 123 cm³/mol. The maximum absolute atomic E-state index is 13.4. The number of hydrogen-bond donors (Lipinski definition) is 1. The standard InChI is InChI=1S/C25H31FN4O2/c1-2-5-23(25(31)27-12-13-29-14-16-32-17-15-29)30-22-7-4-3-6-21(22)28-24(30)18-19-8-10-20(26)11-9-19/h3-4,6-11,23H,2,5,12-18H2,1H3,(H,27,31)/t23-/m1/s1. The lowest BCUT2D eigenvalue weighted by atomic mass is 10.1. The third kappa shape index (κ3) is 5.34. The molecule has 170 valence electrons. The maximum atomic E-state index is 13.4. The van der Waals surface area contributed by atoms with Crippen molar-refractivity contribution in [2.45, 2.75) is 32.2 Å². The average molecular weight is 439 g/mol. The summed E-state index contributed by atoms with van der Waals surface area (Å²) in [5, 5.41) is 3.15. The molecule has 0 saturated carbocycles. The van der Waals surface area contributed by atoms with E-state index in [2.05, 4.69) is 21.7 Å². The van der Waals surface area contributed by atoms with Gasteiger partial charge < -0.3 is 14.6 Å². The number of imidazole rings is 1. The Morgan fingerprint density at radius 3 is 2.66 bits per heavy atom. The van der Waals surface area contributed by atoms with Gasteiger partial charge in [-0.05, 0) is 36.2 Å². The van der Waals surface area contributed by atoms with Gasteiger partial charge in [-0.25, -0.2) is 9.37 Å². The minimum atomic E-state index is -0.340. The Morgan fingerprint density at radius 2 is 1.91 bits per heavy atom. The van der Waals surface area contributed by atoms with E-state index in [1.165, 1.54) is 12.1 Å². The molecule has 0 bridgehead atoms. The quantitative estimate of drug-likeness (QED) is 0.555. The van der Waals surface area contributed by atoms with Gasteiger partial charge >= 0.3 is 0 Å². The first-order chi connectivity index (χ1) is 15.7. The van der Waals surface area contributed by atoms with Gasteiger partial charge in [0.2, 0.25) is 5.91 Å². The number of morpholine rings is 1. The number of para-hydroxylation sites is 2. The van der Waals surface area contributed by atoms with Gasteiger partial charge in [-0.15, -0.1) is 0 Å². The number of halogens is 1. The van der Waals surface area contributed by atoms with Crippen molar-refractivity contribution in [2.75, 3.05) is 39.4 Å². The van der Waals surface area contributed by atoms with Gasteiger partial charge in [-0.1, -0.05) is 37.6 Å². The number of ether oxygens (including phenoxy) is 1. The average Bonchev–Trinajstić information content (AvgIpc) is 3.17. The van der Waals surface area contributed by atoms with Gasteiger partial charge in [0.25, 0.3) is 0 Å². The highest BCUT2D eigenvalue weighted by atomic mass is 19.1. The number of rotatable bonds is 9. The van der Waals surface area contributed by atoms with Crippen molar-refractivity contribution in [3.8, 4) is 0 Å². The van der Waals surface area contributed by atoms with Crippen LogP contribution in [0.2, 0.25) is 0 Å². The zero-order chi connectivity index (χ0) is 22.3. The van der Waals surface area contributed by atoms with E-state index < -0.39 is 0 Å². The Bertz CT molecular complexity index is 1030. The highest BCUT2D eigenvalue weighted by Gasteiger charge is 2.25. The SMILES string of the molecule is CCC[C@H](C(=O)NCCN1CCOCC1)n1c(Cc2ccc(F)cc2)nc2ccccc21. The molecule has 1 atom stereocenters. The van der Waals surface area contributed by atoms with Crippen LogP contribution in [-0.2, 0) is 16.0 Å². The fourth-order valence-corrected chi connectivity index (χ4v) is 4.28. The van der Waals surface area contributed by atoms with Crippen molar-refractivity contribution in [3.05, 3.63) is 65.7 Å². The minimum absolute atomic E-state index is 0.0172. The molecule has 0 aliphatic carbocycles. The molecule has 6 nitrogen and oxygen atoms in total. The summed E-state index contributed by atoms with van der Waals surface area (Å²) >= 11 is 0. The normalized spacial score (nSPS) is 15.7. The zero-order valence-corrected chi connectivity index (χ0v) is 18.6. The first kappa shape index (κ1) is 22.4. The van der Waals surface area contributed by atoms with Gasteiger partial charge in [0.15, 0.2) is 0 Å². The number of carbonyl (C=O) groups is 1. The minimum Gasteiger partial charge on any atom is -0.379 e. The van der Waals surface area contributed by atoms with E-state index in [4.69, 9.17) is 9.72 Å². The molecule has 1 aromatic heterocycles. The fourth-order valence-electron chi connectivity index (χ4n) is 4.28. The number of carbonyl (C=O) groups excluding carboxylic acids is 1. The van der Waals surface area contributed by atoms with Crippen LogP contribution >= 0.6 is 0 Å². The van der Waals surface area contributed by atoms with Crippen molar-refractivity contribution >= 4 is 16.9 Å². The van der Waals surface area contributed by atoms with Crippen LogP contribution in [-0.4, -0.2) is 59.8 Å². The second-order valence-electron chi connectivity index (χ2n) is 8.24. The number of fused-ring (bicyclic) bond motifs is 1. The molecule has 1 saturated heterocycles. The summed E-state index contributed by atoms with van der Waals surface area (Å²) in [6.45, 7) is 6.83. The topological polar surface area (TPSA) is 59.4 Å². The first-order valence-electron chi connectivity index (χ1n) is 11.4. The fraction of sp³-hybridized carbons (Fsp3) is 0.440. The molecule has 1 amide bonds. The second-order valence-corrected chi connectivity index (χ2v) is 8.24. The third-order valence-corrected chi connectivity index (χ3v) is 5.95. The molecule has 1 aliphatic heterocycles. The molecule has 32 heavy (non-hydrogen) atoms. The van der Waals surface area contributed by atoms with Crippen molar-refractivity contribution < 1.29 is 13.9 Å². The molecule has 1 aliphatic rings. The van der Waals surface area contributed by atoms with Crippen LogP contribution < -0.4 is 5.32 Å². The number of nitrogens with zero attached hydrogens (tertiary/aromatic N) is 3. The van der Waals surface area contributed by atoms with Crippen LogP contribution in [0.25, 0.3) is 11.0 Å². The summed E-state index contributed by atoms with van der Waals surface area (Å²) in [4.78, 5) is 20.5. The number of hydrogen-bond acceptors (Lipinski definition) is 4. The van der Waals surface area contributed by atoms with Crippen molar-refractivity contribution in [1.29, 1.82) is 0 Å². The summed E-state index contributed by atoms with van der Waals surface area (Å²) < 4.78 is 20.8. The molecule has 0 spiro atoms. The first-order valence-corrected chi connectivity index (χ1v) is 11.4. The summed E-state index contributed by atoms with van der Waals surface area (Å²) in [6.07, 6.45) is 2.14. The Labute approximate surface area is 188 Å². The predicted octanol–water partition coefficient (Wildman–Crippen LogP) is 3.56. The molecule has 2 heterocycles. The zero-order valence-electron chi connectivity index (χ0n) is 18.6. The molecule has 7 heteroatoms. The lowest BCUT2D eigenvalue weighted by Gasteiger charge is -2.27. The molecular weight excluding hydrogens is 407 g/mol. The summed E-state index contributed by atoms with van der Waals surface area (Å²) in [5.41, 5.74) is 2.78. The Kier molecular flexibility index (Phi) is 7.50. The number of benzene rings is 2. The molecule has 4 rings (SSSR count). The van der Waals surface area contributed by atoms with Crippen molar-refractivity contribution in [2.24, 2.45) is 0 Å². The van der Waals surface area contributed by atoms with E-state index in [-0.39, 0.29) is 17.8 Å². The van der Waals surface area contributed by atoms with E-state index in [1.807, 2.05) is 24.3 Å². The largest absolute Gasteiger partial charge is 0.379 e. The molecule has 3 aromatic rings. The Hall–Kier alpha value is -2.77. The molecule has 0 radical (unpaired) electrons. The van der Waals surface area contributed by atoms with Gasteiger partial charge in [0, 0.05) is 32.6 Å². The monoisotopic (exact) mass is 438 g/mol. The molecule has 0 unspecified atom stereocenters. The van der Waals surface area contributed by atoms with Crippen LogP contribution in [0.15, 0.2) is 48.5 Å². The van der Waals surface area contributed by atoms with Crippen LogP contribution in [0.3, 0.4) is 0 Å². The summed E-state index contributed by atoms with van der Waals surface area (Å²) in [5.74, 6) is 0.578. The van der Waals surface area contributed by atoms with E-state index in [9.17, 15) is 9.18 Å². The van der Waals surface area contributed by atoms with E-state index >= 15 is 0 Å². The summed E-state index contributed by atoms with van der Waals surface area (Å²) in [7, 11) is 0. The summed E-state index contributed by atoms with van der Waals surface area (Å²) in [6, 6.07) is 14.0. The van der Waals surface area contributed by atoms with Crippen molar-refractivity contribution in [3.63, 3.8) is 0 Å². The number of nitrogens with one attached hydrogen (secondary N) is 1. The van der Waals surface area contributed by atoms with Crippen molar-refractivity contribution in [1.82, 2.24) is 19.8 Å². The smallest absolute Gasteiger partial charge is 0.243 e. The van der Waals surface area contributed by atoms with E-state index in [0.29, 0.717) is 13.0 Å². The Morgan fingerprint density at radius 1 is 1.16 bits per heavy atom. The van der Waals surface area contributed by atoms with Gasteiger partial charge in [-0.2, -0.15) is 0 Å². The molecule has 1 fully saturated rings. The van der Waals surface area contributed by atoms with Crippen LogP contribution in [0.1, 0.15) is 37.2 Å². The van der Waals surface area contributed by atoms with Gasteiger partial charge in [0.1, 0.15) is 17.7 Å². The Balaban J connectivity index is 1.57. The van der Waals surface area contributed by atoms with Gasteiger partial charge in [0.05, 0.1) is 24.2 Å².